The molecule has 17 heavy (non-hydrogen) atoms. The summed E-state index contributed by atoms with van der Waals surface area (Å²) in [7, 11) is 0. The molecule has 2 rings (SSSR count). The lowest BCUT2D eigenvalue weighted by molar-refractivity contribution is 0.112. The van der Waals surface area contributed by atoms with Crippen LogP contribution in [-0.2, 0) is 0 Å². The summed E-state index contributed by atoms with van der Waals surface area (Å²) in [5.74, 6) is 0.304. The molecule has 88 valence electrons. The van der Waals surface area contributed by atoms with Crippen molar-refractivity contribution < 1.29 is 13.6 Å². The minimum Gasteiger partial charge on any atom is -0.436 e. The van der Waals surface area contributed by atoms with Gasteiger partial charge in [0.25, 0.3) is 5.22 Å². The molecule has 3 nitrogen and oxygen atoms in total. The third-order valence-corrected chi connectivity index (χ3v) is 3.25. The van der Waals surface area contributed by atoms with Crippen LogP contribution in [0.4, 0.5) is 4.39 Å². The van der Waals surface area contributed by atoms with Crippen molar-refractivity contribution in [1.29, 1.82) is 0 Å². The van der Waals surface area contributed by atoms with E-state index in [1.165, 1.54) is 23.9 Å². The first-order valence-corrected chi connectivity index (χ1v) is 5.78. The van der Waals surface area contributed by atoms with E-state index in [4.69, 9.17) is 4.42 Å². The van der Waals surface area contributed by atoms with Gasteiger partial charge in [-0.1, -0.05) is 0 Å². The van der Waals surface area contributed by atoms with E-state index in [-0.39, 0.29) is 0 Å². The van der Waals surface area contributed by atoms with Gasteiger partial charge in [-0.15, -0.1) is 0 Å². The van der Waals surface area contributed by atoms with Gasteiger partial charge in [-0.25, -0.2) is 9.37 Å². The van der Waals surface area contributed by atoms with E-state index in [0.29, 0.717) is 22.0 Å². The number of oxazole rings is 1. The van der Waals surface area contributed by atoms with Crippen LogP contribution in [0, 0.1) is 19.7 Å². The summed E-state index contributed by atoms with van der Waals surface area (Å²) in [6, 6.07) is 4.04. The van der Waals surface area contributed by atoms with E-state index in [1.54, 1.807) is 6.07 Å². The molecule has 0 atom stereocenters. The summed E-state index contributed by atoms with van der Waals surface area (Å²) in [4.78, 5) is 15.6. The number of carbonyl (C=O) groups is 1. The number of aldehydes is 1. The quantitative estimate of drug-likeness (QED) is 0.784. The summed E-state index contributed by atoms with van der Waals surface area (Å²) in [5, 5.41) is 0.453. The summed E-state index contributed by atoms with van der Waals surface area (Å²) in [5.41, 5.74) is 1.10. The zero-order valence-electron chi connectivity index (χ0n) is 9.36. The van der Waals surface area contributed by atoms with Crippen molar-refractivity contribution in [3.05, 3.63) is 41.0 Å². The molecule has 1 aromatic carbocycles. The maximum Gasteiger partial charge on any atom is 0.261 e. The molecule has 0 fully saturated rings. The second-order valence-electron chi connectivity index (χ2n) is 3.52. The molecular formula is C12H10FNO2S. The van der Waals surface area contributed by atoms with Crippen molar-refractivity contribution in [2.75, 3.05) is 0 Å². The minimum atomic E-state index is -0.434. The highest BCUT2D eigenvalue weighted by molar-refractivity contribution is 7.99. The summed E-state index contributed by atoms with van der Waals surface area (Å²) in [6.45, 7) is 3.66. The lowest BCUT2D eigenvalue weighted by Crippen LogP contribution is -1.87. The fraction of sp³-hybridized carbons (Fsp3) is 0.167. The highest BCUT2D eigenvalue weighted by Crippen LogP contribution is 2.30. The molecule has 1 heterocycles. The zero-order chi connectivity index (χ0) is 12.4. The Hall–Kier alpha value is -1.62. The van der Waals surface area contributed by atoms with Gasteiger partial charge in [0, 0.05) is 10.5 Å². The largest absolute Gasteiger partial charge is 0.436 e. The normalized spacial score (nSPS) is 10.5. The number of halogens is 1. The van der Waals surface area contributed by atoms with Crippen molar-refractivity contribution in [2.45, 2.75) is 24.0 Å². The number of benzene rings is 1. The van der Waals surface area contributed by atoms with E-state index in [2.05, 4.69) is 4.98 Å². The number of hydrogen-bond acceptors (Lipinski definition) is 4. The Kier molecular flexibility index (Phi) is 3.28. The van der Waals surface area contributed by atoms with Crippen molar-refractivity contribution in [1.82, 2.24) is 4.98 Å². The summed E-state index contributed by atoms with van der Waals surface area (Å²) in [6.07, 6.45) is 0.619. The van der Waals surface area contributed by atoms with Crippen LogP contribution >= 0.6 is 11.8 Å². The van der Waals surface area contributed by atoms with Gasteiger partial charge >= 0.3 is 0 Å². The molecule has 5 heteroatoms. The first-order valence-electron chi connectivity index (χ1n) is 4.97. The average Bonchev–Trinajstić information content (AvgIpc) is 2.60. The summed E-state index contributed by atoms with van der Waals surface area (Å²) < 4.78 is 18.3. The first kappa shape index (κ1) is 11.9. The predicted octanol–water partition coefficient (Wildman–Crippen LogP) is 3.39. The third kappa shape index (κ3) is 2.55. The Morgan fingerprint density at radius 2 is 2.18 bits per heavy atom. The van der Waals surface area contributed by atoms with Gasteiger partial charge in [0.1, 0.15) is 11.6 Å². The zero-order valence-corrected chi connectivity index (χ0v) is 10.2. The molecule has 0 saturated carbocycles. The average molecular weight is 251 g/mol. The second kappa shape index (κ2) is 4.71. The highest BCUT2D eigenvalue weighted by atomic mass is 32.2. The topological polar surface area (TPSA) is 43.1 Å². The van der Waals surface area contributed by atoms with Crippen LogP contribution in [0.2, 0.25) is 0 Å². The number of aryl methyl sites for hydroxylation is 2. The maximum absolute atomic E-state index is 12.9. The van der Waals surface area contributed by atoms with Crippen LogP contribution in [0.5, 0.6) is 0 Å². The molecule has 0 aliphatic heterocycles. The number of hydrogen-bond donors (Lipinski definition) is 0. The molecule has 2 aromatic rings. The van der Waals surface area contributed by atoms with Gasteiger partial charge in [-0.2, -0.15) is 0 Å². The molecule has 0 aliphatic carbocycles. The lowest BCUT2D eigenvalue weighted by atomic mass is 10.2. The Bertz CT molecular complexity index is 546. The molecule has 1 aromatic heterocycles. The number of carbonyl (C=O) groups excluding carboxylic acids is 1. The number of rotatable bonds is 3. The van der Waals surface area contributed by atoms with E-state index in [1.807, 2.05) is 13.8 Å². The Morgan fingerprint density at radius 1 is 1.41 bits per heavy atom. The third-order valence-electron chi connectivity index (χ3n) is 2.30. The smallest absolute Gasteiger partial charge is 0.261 e. The first-order chi connectivity index (χ1) is 8.10. The highest BCUT2D eigenvalue weighted by Gasteiger charge is 2.11. The minimum absolute atomic E-state index is 0.295. The van der Waals surface area contributed by atoms with Gasteiger partial charge in [0.05, 0.1) is 5.69 Å². The lowest BCUT2D eigenvalue weighted by Gasteiger charge is -2.00. The van der Waals surface area contributed by atoms with Crippen LogP contribution in [0.15, 0.2) is 32.7 Å². The molecule has 0 amide bonds. The molecule has 0 spiro atoms. The van der Waals surface area contributed by atoms with Crippen LogP contribution in [0.1, 0.15) is 21.8 Å². The number of nitrogens with zero attached hydrogens (tertiary/aromatic N) is 1. The predicted molar refractivity (Wildman–Crippen MR) is 61.9 cm³/mol. The van der Waals surface area contributed by atoms with Gasteiger partial charge in [-0.05, 0) is 43.8 Å². The van der Waals surface area contributed by atoms with Gasteiger partial charge < -0.3 is 4.42 Å². The Labute approximate surface area is 102 Å². The SMILES string of the molecule is Cc1nc(Sc2ccc(F)cc2C=O)oc1C. The van der Waals surface area contributed by atoms with Crippen molar-refractivity contribution in [3.8, 4) is 0 Å². The van der Waals surface area contributed by atoms with E-state index >= 15 is 0 Å². The molecule has 0 aliphatic rings. The van der Waals surface area contributed by atoms with Crippen LogP contribution in [-0.4, -0.2) is 11.3 Å². The van der Waals surface area contributed by atoms with Crippen LogP contribution in [0.25, 0.3) is 0 Å². The van der Waals surface area contributed by atoms with Crippen molar-refractivity contribution in [3.63, 3.8) is 0 Å². The molecule has 0 unspecified atom stereocenters. The van der Waals surface area contributed by atoms with E-state index in [0.717, 1.165) is 11.5 Å². The van der Waals surface area contributed by atoms with E-state index in [9.17, 15) is 9.18 Å². The van der Waals surface area contributed by atoms with Gasteiger partial charge in [0.2, 0.25) is 0 Å². The summed E-state index contributed by atoms with van der Waals surface area (Å²) >= 11 is 1.21. The maximum atomic E-state index is 12.9. The van der Waals surface area contributed by atoms with Gasteiger partial charge in [-0.3, -0.25) is 4.79 Å². The molecule has 0 bridgehead atoms. The van der Waals surface area contributed by atoms with Crippen LogP contribution < -0.4 is 0 Å². The fourth-order valence-corrected chi connectivity index (χ4v) is 2.18. The Morgan fingerprint density at radius 3 is 2.76 bits per heavy atom. The fourth-order valence-electron chi connectivity index (χ4n) is 1.29. The molecule has 0 radical (unpaired) electrons. The monoisotopic (exact) mass is 251 g/mol. The van der Waals surface area contributed by atoms with Gasteiger partial charge in [0.15, 0.2) is 6.29 Å². The molecular weight excluding hydrogens is 241 g/mol. The Balaban J connectivity index is 2.32. The van der Waals surface area contributed by atoms with E-state index < -0.39 is 5.82 Å². The number of aromatic nitrogens is 1. The molecule has 0 N–H and O–H groups in total. The second-order valence-corrected chi connectivity index (χ2v) is 4.52. The standard InChI is InChI=1S/C12H10FNO2S/c1-7-8(2)16-12(14-7)17-11-4-3-10(13)5-9(11)6-15/h3-6H,1-2H3. The molecule has 0 saturated heterocycles. The van der Waals surface area contributed by atoms with Crippen LogP contribution in [0.3, 0.4) is 0 Å². The van der Waals surface area contributed by atoms with Crippen molar-refractivity contribution >= 4 is 18.0 Å². The van der Waals surface area contributed by atoms with Crippen molar-refractivity contribution in [2.24, 2.45) is 0 Å².